The molecular formula is C8H6N4OS. The number of hydrogen-bond donors (Lipinski definition) is 0. The molecule has 5 nitrogen and oxygen atoms in total. The molecule has 0 bridgehead atoms. The fourth-order valence-corrected chi connectivity index (χ4v) is 2.40. The monoisotopic (exact) mass is 206 g/mol. The SMILES string of the molecule is O=c1c2nccnc2nc2n1CCS2. The summed E-state index contributed by atoms with van der Waals surface area (Å²) in [7, 11) is 0. The van der Waals surface area contributed by atoms with Crippen LogP contribution in [-0.4, -0.2) is 25.3 Å². The summed E-state index contributed by atoms with van der Waals surface area (Å²) in [6.45, 7) is 0.721. The number of hydrogen-bond acceptors (Lipinski definition) is 5. The van der Waals surface area contributed by atoms with E-state index in [0.29, 0.717) is 11.2 Å². The van der Waals surface area contributed by atoms with Gasteiger partial charge in [-0.1, -0.05) is 11.8 Å². The first-order valence-electron chi connectivity index (χ1n) is 4.20. The van der Waals surface area contributed by atoms with Crippen molar-refractivity contribution in [2.24, 2.45) is 0 Å². The van der Waals surface area contributed by atoms with Gasteiger partial charge in [-0.3, -0.25) is 9.36 Å². The van der Waals surface area contributed by atoms with E-state index in [1.807, 2.05) is 0 Å². The Morgan fingerprint density at radius 2 is 2.21 bits per heavy atom. The topological polar surface area (TPSA) is 60.7 Å². The Hall–Kier alpha value is -1.43. The van der Waals surface area contributed by atoms with Gasteiger partial charge < -0.3 is 0 Å². The third kappa shape index (κ3) is 0.971. The number of thioether (sulfide) groups is 1. The minimum atomic E-state index is -0.0805. The van der Waals surface area contributed by atoms with Gasteiger partial charge in [-0.05, 0) is 0 Å². The average Bonchev–Trinajstić information content (AvgIpc) is 2.66. The average molecular weight is 206 g/mol. The molecule has 1 aliphatic heterocycles. The van der Waals surface area contributed by atoms with Crippen LogP contribution in [-0.2, 0) is 6.54 Å². The molecule has 3 heterocycles. The molecule has 0 radical (unpaired) electrons. The summed E-state index contributed by atoms with van der Waals surface area (Å²) < 4.78 is 1.65. The minimum Gasteiger partial charge on any atom is -0.285 e. The molecule has 70 valence electrons. The summed E-state index contributed by atoms with van der Waals surface area (Å²) in [5.74, 6) is 0.901. The molecule has 0 unspecified atom stereocenters. The summed E-state index contributed by atoms with van der Waals surface area (Å²) in [5.41, 5.74) is 0.722. The highest BCUT2D eigenvalue weighted by atomic mass is 32.2. The van der Waals surface area contributed by atoms with Crippen molar-refractivity contribution in [1.82, 2.24) is 19.5 Å². The van der Waals surface area contributed by atoms with Gasteiger partial charge in [0.15, 0.2) is 16.3 Å². The predicted octanol–water partition coefficient (Wildman–Crippen LogP) is 0.292. The molecule has 0 saturated carbocycles. The van der Waals surface area contributed by atoms with Gasteiger partial charge in [0.25, 0.3) is 5.56 Å². The first kappa shape index (κ1) is 7.93. The Morgan fingerprint density at radius 3 is 3.14 bits per heavy atom. The maximum Gasteiger partial charge on any atom is 0.282 e. The second-order valence-corrected chi connectivity index (χ2v) is 3.99. The second kappa shape index (κ2) is 2.78. The van der Waals surface area contributed by atoms with Gasteiger partial charge in [0.1, 0.15) is 0 Å². The van der Waals surface area contributed by atoms with Crippen molar-refractivity contribution in [2.45, 2.75) is 11.7 Å². The molecule has 0 spiro atoms. The Bertz CT molecular complexity index is 565. The fourth-order valence-electron chi connectivity index (χ4n) is 1.46. The second-order valence-electron chi connectivity index (χ2n) is 2.93. The highest BCUT2D eigenvalue weighted by Gasteiger charge is 2.17. The first-order chi connectivity index (χ1) is 6.86. The van der Waals surface area contributed by atoms with E-state index in [9.17, 15) is 4.79 Å². The summed E-state index contributed by atoms with van der Waals surface area (Å²) in [4.78, 5) is 24.1. The zero-order chi connectivity index (χ0) is 9.54. The van der Waals surface area contributed by atoms with Crippen LogP contribution >= 0.6 is 11.8 Å². The van der Waals surface area contributed by atoms with E-state index in [2.05, 4.69) is 15.0 Å². The van der Waals surface area contributed by atoms with Crippen LogP contribution in [0.5, 0.6) is 0 Å². The lowest BCUT2D eigenvalue weighted by molar-refractivity contribution is 0.665. The number of fused-ring (bicyclic) bond motifs is 2. The van der Waals surface area contributed by atoms with E-state index in [4.69, 9.17) is 0 Å². The van der Waals surface area contributed by atoms with Gasteiger partial charge >= 0.3 is 0 Å². The number of aromatic nitrogens is 4. The highest BCUT2D eigenvalue weighted by molar-refractivity contribution is 7.99. The smallest absolute Gasteiger partial charge is 0.282 e. The molecule has 0 atom stereocenters. The van der Waals surface area contributed by atoms with Gasteiger partial charge in [0.2, 0.25) is 0 Å². The first-order valence-corrected chi connectivity index (χ1v) is 5.19. The Kier molecular flexibility index (Phi) is 1.57. The zero-order valence-corrected chi connectivity index (χ0v) is 7.99. The number of nitrogens with zero attached hydrogens (tertiary/aromatic N) is 4. The Morgan fingerprint density at radius 1 is 1.36 bits per heavy atom. The molecule has 6 heteroatoms. The third-order valence-electron chi connectivity index (χ3n) is 2.11. The van der Waals surface area contributed by atoms with Crippen LogP contribution in [0, 0.1) is 0 Å². The van der Waals surface area contributed by atoms with Crippen molar-refractivity contribution in [3.63, 3.8) is 0 Å². The van der Waals surface area contributed by atoms with Crippen LogP contribution in [0.25, 0.3) is 11.2 Å². The van der Waals surface area contributed by atoms with Crippen molar-refractivity contribution in [1.29, 1.82) is 0 Å². The Balaban J connectivity index is 2.50. The van der Waals surface area contributed by atoms with E-state index >= 15 is 0 Å². The van der Waals surface area contributed by atoms with Gasteiger partial charge in [-0.2, -0.15) is 0 Å². The standard InChI is InChI=1S/C8H6N4OS/c13-7-5-6(10-2-1-9-5)11-8-12(7)3-4-14-8/h1-2H,3-4H2. The molecule has 0 fully saturated rings. The van der Waals surface area contributed by atoms with E-state index in [1.165, 1.54) is 6.20 Å². The molecule has 0 aromatic carbocycles. The van der Waals surface area contributed by atoms with Gasteiger partial charge in [-0.25, -0.2) is 15.0 Å². The number of rotatable bonds is 0. The van der Waals surface area contributed by atoms with Crippen LogP contribution in [0.1, 0.15) is 0 Å². The quantitative estimate of drug-likeness (QED) is 0.580. The van der Waals surface area contributed by atoms with Gasteiger partial charge in [-0.15, -0.1) is 0 Å². The molecular weight excluding hydrogens is 200 g/mol. The maximum atomic E-state index is 11.8. The zero-order valence-electron chi connectivity index (χ0n) is 7.17. The third-order valence-corrected chi connectivity index (χ3v) is 3.06. The summed E-state index contributed by atoms with van der Waals surface area (Å²) in [5, 5.41) is 0.753. The van der Waals surface area contributed by atoms with E-state index < -0.39 is 0 Å². The summed E-state index contributed by atoms with van der Waals surface area (Å²) in [6, 6.07) is 0. The van der Waals surface area contributed by atoms with Crippen LogP contribution < -0.4 is 5.56 Å². The molecule has 1 aliphatic rings. The van der Waals surface area contributed by atoms with Crippen molar-refractivity contribution >= 4 is 22.9 Å². The lowest BCUT2D eigenvalue weighted by Gasteiger charge is -2.01. The normalized spacial score (nSPS) is 14.6. The van der Waals surface area contributed by atoms with Crippen molar-refractivity contribution in [3.05, 3.63) is 22.7 Å². The van der Waals surface area contributed by atoms with Crippen molar-refractivity contribution < 1.29 is 0 Å². The van der Waals surface area contributed by atoms with Crippen molar-refractivity contribution in [2.75, 3.05) is 5.75 Å². The van der Waals surface area contributed by atoms with Crippen molar-refractivity contribution in [3.8, 4) is 0 Å². The van der Waals surface area contributed by atoms with Crippen LogP contribution in [0.15, 0.2) is 22.3 Å². The molecule has 2 aromatic heterocycles. The molecule has 0 N–H and O–H groups in total. The van der Waals surface area contributed by atoms with Crippen LogP contribution in [0.4, 0.5) is 0 Å². The molecule has 0 aliphatic carbocycles. The van der Waals surface area contributed by atoms with Crippen LogP contribution in [0.2, 0.25) is 0 Å². The minimum absolute atomic E-state index is 0.0805. The molecule has 3 rings (SSSR count). The van der Waals surface area contributed by atoms with Gasteiger partial charge in [0, 0.05) is 24.7 Å². The van der Waals surface area contributed by atoms with E-state index in [-0.39, 0.29) is 5.56 Å². The molecule has 14 heavy (non-hydrogen) atoms. The lowest BCUT2D eigenvalue weighted by Crippen LogP contribution is -2.21. The molecule has 0 amide bonds. The highest BCUT2D eigenvalue weighted by Crippen LogP contribution is 2.21. The van der Waals surface area contributed by atoms with E-state index in [0.717, 1.165) is 17.5 Å². The summed E-state index contributed by atoms with van der Waals surface area (Å²) >= 11 is 1.58. The van der Waals surface area contributed by atoms with E-state index in [1.54, 1.807) is 22.5 Å². The Labute approximate surface area is 83.2 Å². The molecule has 2 aromatic rings. The predicted molar refractivity (Wildman–Crippen MR) is 52.3 cm³/mol. The lowest BCUT2D eigenvalue weighted by atomic mass is 10.5. The summed E-state index contributed by atoms with van der Waals surface area (Å²) in [6.07, 6.45) is 3.06. The largest absolute Gasteiger partial charge is 0.285 e. The maximum absolute atomic E-state index is 11.8. The van der Waals surface area contributed by atoms with Crippen LogP contribution in [0.3, 0.4) is 0 Å². The molecule has 0 saturated heterocycles. The van der Waals surface area contributed by atoms with Gasteiger partial charge in [0.05, 0.1) is 0 Å². The fraction of sp³-hybridized carbons (Fsp3) is 0.250.